The van der Waals surface area contributed by atoms with Crippen LogP contribution in [0.3, 0.4) is 0 Å². The number of aromatic nitrogens is 2. The second-order valence-electron chi connectivity index (χ2n) is 19.7. The first kappa shape index (κ1) is 47.0. The van der Waals surface area contributed by atoms with Crippen LogP contribution in [0.2, 0.25) is 16.6 Å². The lowest BCUT2D eigenvalue weighted by molar-refractivity contribution is 0.0145. The highest BCUT2D eigenvalue weighted by Gasteiger charge is 2.45. The number of hydrogen-bond acceptors (Lipinski definition) is 10. The summed E-state index contributed by atoms with van der Waals surface area (Å²) < 4.78 is 57.8. The van der Waals surface area contributed by atoms with Crippen molar-refractivity contribution in [1.29, 1.82) is 5.26 Å². The van der Waals surface area contributed by atoms with Gasteiger partial charge in [0.05, 0.1) is 29.6 Å². The summed E-state index contributed by atoms with van der Waals surface area (Å²) in [6.07, 6.45) is 3.73. The largest absolute Gasteiger partial charge is 0.468 e. The van der Waals surface area contributed by atoms with Crippen molar-refractivity contribution < 1.29 is 32.5 Å². The number of carbonyl (C=O) groups is 1. The van der Waals surface area contributed by atoms with Crippen molar-refractivity contribution in [1.82, 2.24) is 19.8 Å². The van der Waals surface area contributed by atoms with Gasteiger partial charge in [-0.2, -0.15) is 15.2 Å². The van der Waals surface area contributed by atoms with Crippen LogP contribution in [0.15, 0.2) is 36.4 Å². The first-order valence-electron chi connectivity index (χ1n) is 22.8. The van der Waals surface area contributed by atoms with Gasteiger partial charge in [-0.3, -0.25) is 4.90 Å². The molecular formula is C50H64F2N6O5Si. The molecule has 7 rings (SSSR count). The molecule has 0 spiro atoms. The Hall–Kier alpha value is -5.02. The molecule has 0 radical (unpaired) electrons. The van der Waals surface area contributed by atoms with Gasteiger partial charge in [0.15, 0.2) is 12.6 Å². The Labute approximate surface area is 378 Å². The summed E-state index contributed by atoms with van der Waals surface area (Å²) in [5, 5.41) is 11.4. The lowest BCUT2D eigenvalue weighted by atomic mass is 9.93. The van der Waals surface area contributed by atoms with Crippen molar-refractivity contribution in [3.8, 4) is 40.4 Å². The van der Waals surface area contributed by atoms with E-state index in [1.54, 1.807) is 35.2 Å². The van der Waals surface area contributed by atoms with E-state index in [2.05, 4.69) is 64.0 Å². The molecule has 4 aromatic rings. The molecule has 0 bridgehead atoms. The van der Waals surface area contributed by atoms with Crippen LogP contribution >= 0.6 is 0 Å². The number of hydrogen-bond donors (Lipinski definition) is 0. The van der Waals surface area contributed by atoms with Crippen LogP contribution in [0, 0.1) is 34.4 Å². The van der Waals surface area contributed by atoms with Gasteiger partial charge in [-0.05, 0) is 111 Å². The molecule has 3 saturated heterocycles. The van der Waals surface area contributed by atoms with E-state index in [0.29, 0.717) is 63.1 Å². The zero-order chi connectivity index (χ0) is 46.1. The first-order valence-corrected chi connectivity index (χ1v) is 25.1. The fourth-order valence-electron chi connectivity index (χ4n) is 10.7. The lowest BCUT2D eigenvalue weighted by Gasteiger charge is -2.41. The van der Waals surface area contributed by atoms with Crippen LogP contribution < -0.4 is 14.4 Å². The minimum Gasteiger partial charge on any atom is -0.468 e. The zero-order valence-electron chi connectivity index (χ0n) is 39.2. The van der Waals surface area contributed by atoms with Gasteiger partial charge in [0.25, 0.3) is 0 Å². The molecule has 0 aliphatic carbocycles. The van der Waals surface area contributed by atoms with Crippen molar-refractivity contribution in [3.05, 3.63) is 53.6 Å². The molecular weight excluding hydrogens is 831 g/mol. The summed E-state index contributed by atoms with van der Waals surface area (Å²) in [7, 11) is -0.785. The van der Waals surface area contributed by atoms with Gasteiger partial charge in [-0.25, -0.2) is 13.6 Å². The number of rotatable bonds is 12. The molecule has 0 unspecified atom stereocenters. The van der Waals surface area contributed by atoms with Crippen LogP contribution in [-0.2, 0) is 9.47 Å². The van der Waals surface area contributed by atoms with Crippen LogP contribution in [-0.4, -0.2) is 104 Å². The number of methoxy groups -OCH3 is 1. The molecule has 4 heterocycles. The maximum atomic E-state index is 17.9. The predicted molar refractivity (Wildman–Crippen MR) is 250 cm³/mol. The molecule has 342 valence electrons. The number of halogens is 2. The number of benzene rings is 3. The number of ether oxygens (including phenoxy) is 4. The Morgan fingerprint density at radius 1 is 0.938 bits per heavy atom. The van der Waals surface area contributed by atoms with Gasteiger partial charge in [0.2, 0.25) is 0 Å². The molecule has 3 fully saturated rings. The SMILES string of the molecule is COCOc1cc(-c2ccc3c(N4CCN(C(=O)OC(C)(C)C)[C@@H](CC#N)C4)nc(OCC45CCCN4CCC5)nc3c2F)c2c(C#C[Si](C(C)C)(C(C)C)C(C)C)c(F)ccc2c1. The monoisotopic (exact) mass is 894 g/mol. The number of nitriles is 1. The molecule has 0 N–H and O–H groups in total. The van der Waals surface area contributed by atoms with E-state index in [1.807, 2.05) is 25.7 Å². The van der Waals surface area contributed by atoms with Crippen molar-refractivity contribution in [2.24, 2.45) is 0 Å². The average Bonchev–Trinajstić information content (AvgIpc) is 3.83. The lowest BCUT2D eigenvalue weighted by Crippen LogP contribution is -2.56. The number of piperazine rings is 1. The Morgan fingerprint density at radius 3 is 2.28 bits per heavy atom. The molecule has 3 aliphatic rings. The maximum absolute atomic E-state index is 17.9. The number of amides is 1. The normalized spacial score (nSPS) is 17.9. The number of nitrogens with zero attached hydrogens (tertiary/aromatic N) is 6. The molecule has 1 atom stereocenters. The van der Waals surface area contributed by atoms with E-state index in [0.717, 1.165) is 38.8 Å². The van der Waals surface area contributed by atoms with Crippen LogP contribution in [0.1, 0.15) is 100.0 Å². The van der Waals surface area contributed by atoms with E-state index in [4.69, 9.17) is 28.9 Å². The summed E-state index contributed by atoms with van der Waals surface area (Å²) in [5.41, 5.74) is 4.61. The van der Waals surface area contributed by atoms with Crippen molar-refractivity contribution >= 4 is 41.7 Å². The number of fused-ring (bicyclic) bond motifs is 3. The molecule has 14 heteroatoms. The maximum Gasteiger partial charge on any atom is 0.410 e. The predicted octanol–water partition coefficient (Wildman–Crippen LogP) is 10.6. The fourth-order valence-corrected chi connectivity index (χ4v) is 16.0. The summed E-state index contributed by atoms with van der Waals surface area (Å²) in [6, 6.07) is 11.8. The van der Waals surface area contributed by atoms with E-state index < -0.39 is 37.4 Å². The van der Waals surface area contributed by atoms with Crippen molar-refractivity contribution in [3.63, 3.8) is 0 Å². The van der Waals surface area contributed by atoms with Crippen LogP contribution in [0.4, 0.5) is 19.4 Å². The summed E-state index contributed by atoms with van der Waals surface area (Å²) in [6.45, 7) is 21.9. The van der Waals surface area contributed by atoms with E-state index in [1.165, 1.54) is 13.2 Å². The van der Waals surface area contributed by atoms with Gasteiger partial charge in [-0.15, -0.1) is 5.54 Å². The van der Waals surface area contributed by atoms with Crippen LogP contribution in [0.5, 0.6) is 11.8 Å². The molecule has 1 amide bonds. The Bertz CT molecular complexity index is 2460. The smallest absolute Gasteiger partial charge is 0.410 e. The quantitative estimate of drug-likeness (QED) is 0.0774. The summed E-state index contributed by atoms with van der Waals surface area (Å²) >= 11 is 0. The second kappa shape index (κ2) is 18.8. The average molecular weight is 895 g/mol. The Kier molecular flexibility index (Phi) is 13.8. The molecule has 3 aromatic carbocycles. The highest BCUT2D eigenvalue weighted by Crippen LogP contribution is 2.44. The van der Waals surface area contributed by atoms with E-state index >= 15 is 8.78 Å². The highest BCUT2D eigenvalue weighted by atomic mass is 28.3. The molecule has 3 aliphatic heterocycles. The van der Waals surface area contributed by atoms with E-state index in [-0.39, 0.29) is 54.5 Å². The summed E-state index contributed by atoms with van der Waals surface area (Å²) in [5.74, 6) is 3.08. The van der Waals surface area contributed by atoms with Crippen molar-refractivity contribution in [2.45, 2.75) is 128 Å². The highest BCUT2D eigenvalue weighted by molar-refractivity contribution is 6.90. The van der Waals surface area contributed by atoms with Gasteiger partial charge in [0, 0.05) is 43.1 Å². The number of anilines is 1. The zero-order valence-corrected chi connectivity index (χ0v) is 40.2. The second-order valence-corrected chi connectivity index (χ2v) is 25.3. The van der Waals surface area contributed by atoms with Gasteiger partial charge < -0.3 is 28.7 Å². The van der Waals surface area contributed by atoms with Gasteiger partial charge in [0.1, 0.15) is 43.2 Å². The Balaban J connectivity index is 1.41. The topological polar surface area (TPSA) is 113 Å². The minimum atomic E-state index is -2.31. The van der Waals surface area contributed by atoms with Crippen molar-refractivity contribution in [2.75, 3.05) is 58.1 Å². The third-order valence-corrected chi connectivity index (χ3v) is 20.0. The fraction of sp³-hybridized carbons (Fsp3) is 0.560. The van der Waals surface area contributed by atoms with E-state index in [9.17, 15) is 10.1 Å². The molecule has 1 aromatic heterocycles. The molecule has 64 heavy (non-hydrogen) atoms. The molecule has 11 nitrogen and oxygen atoms in total. The molecule has 0 saturated carbocycles. The third-order valence-electron chi connectivity index (χ3n) is 13.7. The van der Waals surface area contributed by atoms with Crippen LogP contribution in [0.25, 0.3) is 32.8 Å². The standard InChI is InChI=1S/C50H64F2N6O5Si/c1-32(2)64(33(3)4,34(5)6)26-18-39-42(51)16-13-35-27-37(62-31-60-10)28-41(43(35)39)38-14-15-40-45(44(38)52)54-47(61-30-50-19-11-22-57(50)23-12-20-50)55-46(40)56-24-25-58(36(29-56)17-21-53)48(59)63-49(7,8)9/h13-16,27-28,32-34,36H,11-12,17,19-20,22-25,29-31H2,1-10H3/t36-/m0/s1. The van der Waals surface area contributed by atoms with Gasteiger partial charge >= 0.3 is 12.1 Å². The summed E-state index contributed by atoms with van der Waals surface area (Å²) in [4.78, 5) is 29.2. The Morgan fingerprint density at radius 2 is 1.64 bits per heavy atom. The minimum absolute atomic E-state index is 0.0300. The third kappa shape index (κ3) is 9.11. The first-order chi connectivity index (χ1) is 30.4. The van der Waals surface area contributed by atoms with Gasteiger partial charge in [-0.1, -0.05) is 59.6 Å². The number of carbonyl (C=O) groups excluding carboxylic acids is 1.